The van der Waals surface area contributed by atoms with E-state index in [-0.39, 0.29) is 277 Å². The molecule has 37 nitrogen and oxygen atoms in total. The first kappa shape index (κ1) is 117. The fraction of sp³-hybridized carbons (Fsp3) is 0.849. The summed E-state index contributed by atoms with van der Waals surface area (Å²) in [7, 11) is 1.32. The fourth-order valence-corrected chi connectivity index (χ4v) is 15.1. The van der Waals surface area contributed by atoms with E-state index in [1.807, 2.05) is 41.5 Å². The minimum atomic E-state index is -1.17. The number of hydrogen-bond acceptors (Lipinski definition) is 32. The topological polar surface area (TPSA) is 465 Å². The number of Topliss-reactive ketones (excluding diaryl/α,β-unsaturated/α-hetero) is 5. The lowest BCUT2D eigenvalue weighted by Gasteiger charge is -2.44. The van der Waals surface area contributed by atoms with E-state index in [1.54, 1.807) is 0 Å². The van der Waals surface area contributed by atoms with E-state index in [0.29, 0.717) is 149 Å². The predicted octanol–water partition coefficient (Wildman–Crippen LogP) is 7.74. The first-order chi connectivity index (χ1) is 62.2. The SMILES string of the molecule is COC(=O)CCOCCOCCOCCOCCOCCC(=O)CC(COCCC(=O)CCCCCC(=O)CCCCOC1OC(COC(C)=O)C(C)C(C)C1NC(C)=O)(COCCC(=O)CCCCCC(=O)CCCCOC1OC(COC(C)=O)C(C)C(C)C1NC(C)=O)COCCC(=O)NCCCNC(=O)CCCCOC1OC(COC(C)=O)C(C)C(C)C1NC(C)=O. The van der Waals surface area contributed by atoms with Gasteiger partial charge in [0.05, 0.1) is 156 Å². The Labute approximate surface area is 769 Å². The molecule has 0 spiro atoms. The van der Waals surface area contributed by atoms with E-state index in [4.69, 9.17) is 80.5 Å². The molecule has 0 bridgehead atoms. The lowest BCUT2D eigenvalue weighted by Crippen LogP contribution is -2.58. The highest BCUT2D eigenvalue weighted by atomic mass is 16.7. The molecule has 3 aliphatic heterocycles. The molecule has 5 amide bonds. The summed E-state index contributed by atoms with van der Waals surface area (Å²) in [5.74, 6) is -3.19. The van der Waals surface area contributed by atoms with Crippen molar-refractivity contribution in [2.24, 2.45) is 40.9 Å². The number of amides is 5. The number of rotatable bonds is 78. The monoisotopic (exact) mass is 1860 g/mol. The molecule has 0 aromatic rings. The maximum absolute atomic E-state index is 14.1. The molecule has 15 atom stereocenters. The molecule has 3 fully saturated rings. The Balaban J connectivity index is 1.61. The Morgan fingerprint density at radius 2 is 0.562 bits per heavy atom. The summed E-state index contributed by atoms with van der Waals surface area (Å²) in [6, 6.07) is -1.27. The molecule has 3 rings (SSSR count). The first-order valence-corrected chi connectivity index (χ1v) is 47.1. The van der Waals surface area contributed by atoms with E-state index in [0.717, 1.165) is 0 Å². The van der Waals surface area contributed by atoms with E-state index in [1.165, 1.54) is 48.7 Å². The number of ether oxygens (including phenoxy) is 18. The third kappa shape index (κ3) is 54.4. The van der Waals surface area contributed by atoms with Crippen LogP contribution in [-0.2, 0) is 152 Å². The zero-order chi connectivity index (χ0) is 95.9. The van der Waals surface area contributed by atoms with Gasteiger partial charge in [-0.15, -0.1) is 0 Å². The minimum absolute atomic E-state index is 0.000166. The van der Waals surface area contributed by atoms with Gasteiger partial charge in [0.2, 0.25) is 29.5 Å². The van der Waals surface area contributed by atoms with Gasteiger partial charge in [-0.05, 0) is 106 Å². The summed E-state index contributed by atoms with van der Waals surface area (Å²) in [5.41, 5.74) is -1.17. The zero-order valence-electron chi connectivity index (χ0n) is 80.1. The summed E-state index contributed by atoms with van der Waals surface area (Å²) in [4.78, 5) is 175. The van der Waals surface area contributed by atoms with E-state index >= 15 is 0 Å². The van der Waals surface area contributed by atoms with Crippen LogP contribution in [0.15, 0.2) is 0 Å². The van der Waals surface area contributed by atoms with Crippen molar-refractivity contribution < 1.29 is 152 Å². The number of carbonyl (C=O) groups excluding carboxylic acids is 14. The van der Waals surface area contributed by atoms with Crippen LogP contribution < -0.4 is 26.6 Å². The lowest BCUT2D eigenvalue weighted by atomic mass is 9.82. The zero-order valence-corrected chi connectivity index (χ0v) is 80.1. The summed E-state index contributed by atoms with van der Waals surface area (Å²) < 4.78 is 104. The fourth-order valence-electron chi connectivity index (χ4n) is 15.1. The minimum Gasteiger partial charge on any atom is -0.469 e. The van der Waals surface area contributed by atoms with Gasteiger partial charge < -0.3 is 112 Å². The molecular weight excluding hydrogens is 1700 g/mol. The van der Waals surface area contributed by atoms with Crippen molar-refractivity contribution in [1.29, 1.82) is 0 Å². The molecule has 748 valence electrons. The van der Waals surface area contributed by atoms with Crippen molar-refractivity contribution in [1.82, 2.24) is 26.6 Å². The highest BCUT2D eigenvalue weighted by Crippen LogP contribution is 2.36. The molecule has 0 aliphatic carbocycles. The number of esters is 4. The molecular formula is C93H159N5O32. The van der Waals surface area contributed by atoms with Gasteiger partial charge >= 0.3 is 23.9 Å². The standard InChI is InChI=1S/C93H159N5O32/c1-64-67(4)87(96-70(7)99)90(128-81(64)58-125-73(10)102)122-41-23-20-31-76(105)27-16-14-18-29-78(107)34-45-119-61-93(57-80(109)36-44-114-49-51-116-53-55-118-56-54-117-52-50-115-48-38-86(112)113-13,62-120-46-35-79(108)30-19-15-17-28-77(106)32-21-24-42-123-91-88(97-71(8)100)68(5)65(2)82(129-91)59-126-74(11)103)63-121-47-37-85(111)95-40-26-39-94-84(110)33-22-25-43-124-92-89(98-72(9)101)69(6)66(3)83(130-92)60-127-75(12)104/h64-69,81-83,87-92H,14-63H2,1-13H3,(H,94,110)(H,95,111)(H,96,99)(H,97,100)(H,98,101). The van der Waals surface area contributed by atoms with Crippen molar-refractivity contribution in [3.05, 3.63) is 0 Å². The van der Waals surface area contributed by atoms with Crippen LogP contribution >= 0.6 is 0 Å². The van der Waals surface area contributed by atoms with Crippen molar-refractivity contribution in [3.63, 3.8) is 0 Å². The summed E-state index contributed by atoms with van der Waals surface area (Å²) in [6.45, 7) is 24.0. The van der Waals surface area contributed by atoms with Gasteiger partial charge in [-0.3, -0.25) is 67.1 Å². The molecule has 3 heterocycles. The van der Waals surface area contributed by atoms with Crippen LogP contribution in [0, 0.1) is 40.9 Å². The summed E-state index contributed by atoms with van der Waals surface area (Å²) >= 11 is 0. The summed E-state index contributed by atoms with van der Waals surface area (Å²) in [6.07, 6.45) is 6.04. The maximum atomic E-state index is 14.1. The maximum Gasteiger partial charge on any atom is 0.307 e. The molecule has 15 unspecified atom stereocenters. The van der Waals surface area contributed by atoms with Crippen LogP contribution in [0.3, 0.4) is 0 Å². The van der Waals surface area contributed by atoms with Crippen LogP contribution in [0.1, 0.15) is 250 Å². The van der Waals surface area contributed by atoms with Crippen LogP contribution in [0.4, 0.5) is 0 Å². The number of ketones is 5. The Morgan fingerprint density at radius 1 is 0.285 bits per heavy atom. The molecule has 5 N–H and O–H groups in total. The number of nitrogens with one attached hydrogen (secondary N) is 5. The van der Waals surface area contributed by atoms with Gasteiger partial charge in [-0.1, -0.05) is 54.4 Å². The second-order valence-corrected chi connectivity index (χ2v) is 34.4. The number of hydrogen-bond donors (Lipinski definition) is 5. The molecule has 0 aromatic carbocycles. The van der Waals surface area contributed by atoms with Crippen molar-refractivity contribution >= 4 is 82.3 Å². The lowest BCUT2D eigenvalue weighted by molar-refractivity contribution is -0.244. The molecule has 3 aliphatic rings. The van der Waals surface area contributed by atoms with Crippen molar-refractivity contribution in [2.45, 2.75) is 305 Å². The average Bonchev–Trinajstić information content (AvgIpc) is 0.811. The number of methoxy groups -OCH3 is 1. The smallest absolute Gasteiger partial charge is 0.307 e. The molecule has 0 saturated carbocycles. The molecule has 0 aromatic heterocycles. The van der Waals surface area contributed by atoms with Gasteiger partial charge in [-0.2, -0.15) is 0 Å². The van der Waals surface area contributed by atoms with E-state index < -0.39 is 78.6 Å². The Morgan fingerprint density at radius 3 is 0.885 bits per heavy atom. The van der Waals surface area contributed by atoms with Crippen LogP contribution in [0.2, 0.25) is 0 Å². The van der Waals surface area contributed by atoms with E-state index in [9.17, 15) is 67.1 Å². The highest BCUT2D eigenvalue weighted by molar-refractivity contribution is 5.81. The average molecular weight is 1860 g/mol. The predicted molar refractivity (Wildman–Crippen MR) is 474 cm³/mol. The van der Waals surface area contributed by atoms with Crippen molar-refractivity contribution in [2.75, 3.05) is 166 Å². The Kier molecular flexibility index (Phi) is 63.7. The Bertz CT molecular complexity index is 2990. The second-order valence-electron chi connectivity index (χ2n) is 34.4. The molecule has 37 heteroatoms. The first-order valence-electron chi connectivity index (χ1n) is 47.1. The van der Waals surface area contributed by atoms with E-state index in [2.05, 4.69) is 31.3 Å². The van der Waals surface area contributed by atoms with Crippen molar-refractivity contribution in [3.8, 4) is 0 Å². The van der Waals surface area contributed by atoms with Gasteiger partial charge in [0, 0.05) is 157 Å². The molecule has 130 heavy (non-hydrogen) atoms. The van der Waals surface area contributed by atoms with Gasteiger partial charge in [0.15, 0.2) is 18.9 Å². The highest BCUT2D eigenvalue weighted by Gasteiger charge is 2.46. The quantitative estimate of drug-likeness (QED) is 0.0221. The number of carbonyl (C=O) groups is 14. The largest absolute Gasteiger partial charge is 0.469 e. The summed E-state index contributed by atoms with van der Waals surface area (Å²) in [5, 5.41) is 14.6. The number of unbranched alkanes of at least 4 members (excludes halogenated alkanes) is 7. The normalized spacial score (nSPS) is 22.4. The third-order valence-corrected chi connectivity index (χ3v) is 23.4. The van der Waals surface area contributed by atoms with Gasteiger partial charge in [0.25, 0.3) is 0 Å². The van der Waals surface area contributed by atoms with Gasteiger partial charge in [0.1, 0.15) is 48.7 Å². The van der Waals surface area contributed by atoms with Crippen LogP contribution in [0.25, 0.3) is 0 Å². The second kappa shape index (κ2) is 70.7. The van der Waals surface area contributed by atoms with Gasteiger partial charge in [-0.25, -0.2) is 0 Å². The molecule has 3 saturated heterocycles. The Hall–Kier alpha value is -6.98. The van der Waals surface area contributed by atoms with Crippen LogP contribution in [0.5, 0.6) is 0 Å². The molecule has 0 radical (unpaired) electrons. The van der Waals surface area contributed by atoms with Crippen LogP contribution in [-0.4, -0.2) is 303 Å². The third-order valence-electron chi connectivity index (χ3n) is 23.4.